The molecule has 0 aliphatic carbocycles. The first-order valence-electron chi connectivity index (χ1n) is 10.0. The molecule has 1 amide bonds. The minimum Gasteiger partial charge on any atom is -0.459 e. The van der Waals surface area contributed by atoms with Gasteiger partial charge < -0.3 is 14.4 Å². The fraction of sp³-hybridized carbons (Fsp3) is 0.842. The molecule has 3 rings (SSSR count). The Morgan fingerprint density at radius 3 is 2.16 bits per heavy atom. The minimum absolute atomic E-state index is 0.375. The Kier molecular flexibility index (Phi) is 5.91. The van der Waals surface area contributed by atoms with Crippen molar-refractivity contribution < 1.29 is 45.6 Å². The number of esters is 2. The maximum atomic E-state index is 13.6. The number of halogens is 2. The Morgan fingerprint density at radius 1 is 1.12 bits per heavy atom. The van der Waals surface area contributed by atoms with Crippen LogP contribution in [0.3, 0.4) is 0 Å². The SMILES string of the molecule is CC(C)(C)C(=O)OC1C2SC3C(C(=O)N(C(C)(C)C)C13)C2C(=O)OCC(F)(F)S(=O)(=O)O. The molecule has 3 heterocycles. The molecule has 3 aliphatic rings. The van der Waals surface area contributed by atoms with E-state index in [0.717, 1.165) is 0 Å². The van der Waals surface area contributed by atoms with Crippen molar-refractivity contribution in [3.05, 3.63) is 0 Å². The first-order chi connectivity index (χ1) is 14.3. The Hall–Kier alpha value is -1.47. The van der Waals surface area contributed by atoms with Crippen molar-refractivity contribution in [3.8, 4) is 0 Å². The van der Waals surface area contributed by atoms with Gasteiger partial charge in [0.05, 0.1) is 28.5 Å². The molecule has 0 saturated carbocycles. The van der Waals surface area contributed by atoms with Crippen LogP contribution in [-0.2, 0) is 34.0 Å². The summed E-state index contributed by atoms with van der Waals surface area (Å²) in [7, 11) is -5.78. The zero-order valence-electron chi connectivity index (χ0n) is 18.5. The molecular weight excluding hydrogens is 472 g/mol. The summed E-state index contributed by atoms with van der Waals surface area (Å²) in [5.74, 6) is -4.18. The van der Waals surface area contributed by atoms with Gasteiger partial charge in [-0.05, 0) is 41.5 Å². The van der Waals surface area contributed by atoms with E-state index in [1.807, 2.05) is 0 Å². The van der Waals surface area contributed by atoms with Gasteiger partial charge in [-0.1, -0.05) is 0 Å². The van der Waals surface area contributed by atoms with Crippen molar-refractivity contribution in [2.75, 3.05) is 6.61 Å². The molecule has 0 aromatic carbocycles. The monoisotopic (exact) mass is 499 g/mol. The number of rotatable bonds is 5. The smallest absolute Gasteiger partial charge is 0.402 e. The molecular formula is C19H27F2NO8S2. The van der Waals surface area contributed by atoms with Crippen molar-refractivity contribution in [2.45, 2.75) is 75.0 Å². The summed E-state index contributed by atoms with van der Waals surface area (Å²) >= 11 is 1.27. The molecule has 0 aromatic rings. The lowest BCUT2D eigenvalue weighted by Gasteiger charge is -2.40. The van der Waals surface area contributed by atoms with Gasteiger partial charge in [-0.2, -0.15) is 17.2 Å². The maximum absolute atomic E-state index is 13.6. The number of amides is 1. The summed E-state index contributed by atoms with van der Waals surface area (Å²) in [5.41, 5.74) is -1.51. The van der Waals surface area contributed by atoms with Crippen LogP contribution in [0.5, 0.6) is 0 Å². The van der Waals surface area contributed by atoms with E-state index in [1.54, 1.807) is 46.4 Å². The average Bonchev–Trinajstić information content (AvgIpc) is 3.19. The molecule has 0 aromatic heterocycles. The molecule has 6 unspecified atom stereocenters. The van der Waals surface area contributed by atoms with Crippen LogP contribution in [0.2, 0.25) is 0 Å². The van der Waals surface area contributed by atoms with E-state index in [1.165, 1.54) is 11.8 Å². The number of likely N-dealkylation sites (tertiary alicyclic amines) is 1. The van der Waals surface area contributed by atoms with E-state index in [2.05, 4.69) is 4.74 Å². The Morgan fingerprint density at radius 2 is 1.69 bits per heavy atom. The van der Waals surface area contributed by atoms with Gasteiger partial charge in [0.2, 0.25) is 5.91 Å². The maximum Gasteiger partial charge on any atom is 0.402 e. The van der Waals surface area contributed by atoms with Gasteiger partial charge >= 0.3 is 27.3 Å². The normalized spacial score (nSPS) is 32.4. The van der Waals surface area contributed by atoms with Gasteiger partial charge in [0.25, 0.3) is 0 Å². The highest BCUT2D eigenvalue weighted by atomic mass is 32.2. The quantitative estimate of drug-likeness (QED) is 0.444. The second-order valence-corrected chi connectivity index (χ2v) is 13.2. The molecule has 3 fully saturated rings. The zero-order valence-corrected chi connectivity index (χ0v) is 20.1. The number of ether oxygens (including phenoxy) is 2. The summed E-state index contributed by atoms with van der Waals surface area (Å²) in [4.78, 5) is 40.2. The number of alkyl halides is 2. The van der Waals surface area contributed by atoms with Gasteiger partial charge in [-0.25, -0.2) is 0 Å². The highest BCUT2D eigenvalue weighted by Gasteiger charge is 2.73. The molecule has 6 atom stereocenters. The number of carbonyl (C=O) groups excluding carboxylic acids is 3. The molecule has 9 nitrogen and oxygen atoms in total. The summed E-state index contributed by atoms with van der Waals surface area (Å²) in [6.07, 6.45) is -0.863. The standard InChI is InChI=1S/C19H27F2NO8S2/c1-17(2,3)16(25)30-11-10-12-8(14(23)22(10)18(4,5)6)9(13(11)31-12)15(24)29-7-19(20,21)32(26,27)28/h8-13H,7H2,1-6H3,(H,26,27,28). The van der Waals surface area contributed by atoms with Crippen LogP contribution < -0.4 is 0 Å². The van der Waals surface area contributed by atoms with Crippen LogP contribution in [0.1, 0.15) is 41.5 Å². The van der Waals surface area contributed by atoms with Crippen LogP contribution in [0.15, 0.2) is 0 Å². The van der Waals surface area contributed by atoms with Crippen molar-refractivity contribution in [2.24, 2.45) is 17.3 Å². The van der Waals surface area contributed by atoms with Gasteiger partial charge in [-0.15, -0.1) is 11.8 Å². The number of nitrogens with zero attached hydrogens (tertiary/aromatic N) is 1. The summed E-state index contributed by atoms with van der Waals surface area (Å²) in [6.45, 7) is 8.49. The fourth-order valence-electron chi connectivity index (χ4n) is 4.43. The third-order valence-electron chi connectivity index (χ3n) is 5.84. The first kappa shape index (κ1) is 25.2. The van der Waals surface area contributed by atoms with Crippen molar-refractivity contribution in [1.29, 1.82) is 0 Å². The largest absolute Gasteiger partial charge is 0.459 e. The van der Waals surface area contributed by atoms with Gasteiger partial charge in [0.15, 0.2) is 6.61 Å². The summed E-state index contributed by atoms with van der Waals surface area (Å²) in [6, 6.07) is -0.489. The summed E-state index contributed by atoms with van der Waals surface area (Å²) in [5, 5.41) is -5.82. The van der Waals surface area contributed by atoms with Crippen LogP contribution >= 0.6 is 11.8 Å². The molecule has 182 valence electrons. The topological polar surface area (TPSA) is 127 Å². The Balaban J connectivity index is 1.92. The zero-order chi connectivity index (χ0) is 24.6. The van der Waals surface area contributed by atoms with Gasteiger partial charge in [0.1, 0.15) is 6.10 Å². The lowest BCUT2D eigenvalue weighted by atomic mass is 9.78. The predicted molar refractivity (Wildman–Crippen MR) is 109 cm³/mol. The lowest BCUT2D eigenvalue weighted by Crippen LogP contribution is -2.55. The van der Waals surface area contributed by atoms with E-state index < -0.39 is 79.4 Å². The molecule has 32 heavy (non-hydrogen) atoms. The molecule has 3 saturated heterocycles. The predicted octanol–water partition coefficient (Wildman–Crippen LogP) is 1.71. The number of hydrogen-bond donors (Lipinski definition) is 1. The van der Waals surface area contributed by atoms with Gasteiger partial charge in [0, 0.05) is 10.8 Å². The molecule has 0 radical (unpaired) electrons. The van der Waals surface area contributed by atoms with Crippen LogP contribution in [0.4, 0.5) is 8.78 Å². The van der Waals surface area contributed by atoms with Crippen LogP contribution in [0.25, 0.3) is 0 Å². The number of carbonyl (C=O) groups is 3. The molecule has 1 N–H and O–H groups in total. The van der Waals surface area contributed by atoms with E-state index in [0.29, 0.717) is 0 Å². The van der Waals surface area contributed by atoms with Crippen molar-refractivity contribution in [1.82, 2.24) is 4.90 Å². The third-order valence-corrected chi connectivity index (χ3v) is 8.47. The molecule has 0 spiro atoms. The lowest BCUT2D eigenvalue weighted by molar-refractivity contribution is -0.167. The highest BCUT2D eigenvalue weighted by Crippen LogP contribution is 2.61. The number of thioether (sulfide) groups is 1. The highest BCUT2D eigenvalue weighted by molar-refractivity contribution is 8.01. The molecule has 2 bridgehead atoms. The van der Waals surface area contributed by atoms with Crippen molar-refractivity contribution in [3.63, 3.8) is 0 Å². The second-order valence-electron chi connectivity index (χ2n) is 10.3. The Bertz CT molecular complexity index is 940. The molecule has 3 aliphatic heterocycles. The van der Waals surface area contributed by atoms with Crippen LogP contribution in [0, 0.1) is 17.3 Å². The second kappa shape index (κ2) is 7.52. The average molecular weight is 500 g/mol. The minimum atomic E-state index is -5.78. The Labute approximate surface area is 189 Å². The van der Waals surface area contributed by atoms with E-state index in [4.69, 9.17) is 9.29 Å². The first-order valence-corrected chi connectivity index (χ1v) is 12.4. The van der Waals surface area contributed by atoms with Crippen molar-refractivity contribution >= 4 is 39.7 Å². The van der Waals surface area contributed by atoms with E-state index in [9.17, 15) is 31.6 Å². The number of fused-ring (bicyclic) bond motifs is 1. The summed E-state index contributed by atoms with van der Waals surface area (Å²) < 4.78 is 67.7. The third kappa shape index (κ3) is 4.00. The fourth-order valence-corrected chi connectivity index (χ4v) is 6.72. The van der Waals surface area contributed by atoms with Gasteiger partial charge in [-0.3, -0.25) is 18.9 Å². The molecule has 13 heteroatoms. The van der Waals surface area contributed by atoms with E-state index >= 15 is 0 Å². The number of hydrogen-bond acceptors (Lipinski definition) is 8. The van der Waals surface area contributed by atoms with E-state index in [-0.39, 0.29) is 5.91 Å². The van der Waals surface area contributed by atoms with Crippen LogP contribution in [-0.4, -0.2) is 75.8 Å².